The van der Waals surface area contributed by atoms with Crippen LogP contribution in [0.1, 0.15) is 32.6 Å². The summed E-state index contributed by atoms with van der Waals surface area (Å²) in [5.74, 6) is -0.158. The van der Waals surface area contributed by atoms with Crippen molar-refractivity contribution < 1.29 is 9.53 Å². The van der Waals surface area contributed by atoms with E-state index < -0.39 is 0 Å². The van der Waals surface area contributed by atoms with Crippen LogP contribution in [0.2, 0.25) is 0 Å². The SMILES string of the molecule is CCOC(=O)CC1(N)CCC1. The van der Waals surface area contributed by atoms with E-state index in [1.54, 1.807) is 0 Å². The summed E-state index contributed by atoms with van der Waals surface area (Å²) in [5.41, 5.74) is 5.60. The minimum absolute atomic E-state index is 0.158. The van der Waals surface area contributed by atoms with Crippen molar-refractivity contribution in [2.24, 2.45) is 5.73 Å². The van der Waals surface area contributed by atoms with Gasteiger partial charge < -0.3 is 10.5 Å². The summed E-state index contributed by atoms with van der Waals surface area (Å²) in [5, 5.41) is 0. The Labute approximate surface area is 66.9 Å². The van der Waals surface area contributed by atoms with Crippen molar-refractivity contribution in [1.29, 1.82) is 0 Å². The number of nitrogens with two attached hydrogens (primary N) is 1. The summed E-state index contributed by atoms with van der Waals surface area (Å²) in [7, 11) is 0. The number of carbonyl (C=O) groups excluding carboxylic acids is 1. The Morgan fingerprint density at radius 1 is 1.64 bits per heavy atom. The van der Waals surface area contributed by atoms with Gasteiger partial charge in [-0.15, -0.1) is 0 Å². The first-order valence-corrected chi connectivity index (χ1v) is 4.11. The smallest absolute Gasteiger partial charge is 0.307 e. The summed E-state index contributed by atoms with van der Waals surface area (Å²) in [4.78, 5) is 10.9. The molecule has 1 rings (SSSR count). The van der Waals surface area contributed by atoms with Gasteiger partial charge in [0.1, 0.15) is 0 Å². The van der Waals surface area contributed by atoms with Crippen LogP contribution in [0.3, 0.4) is 0 Å². The molecule has 64 valence electrons. The van der Waals surface area contributed by atoms with Gasteiger partial charge in [-0.05, 0) is 26.2 Å². The minimum atomic E-state index is -0.230. The van der Waals surface area contributed by atoms with Crippen LogP contribution in [0.4, 0.5) is 0 Å². The molecule has 0 spiro atoms. The van der Waals surface area contributed by atoms with Crippen LogP contribution in [0.5, 0.6) is 0 Å². The third kappa shape index (κ3) is 2.19. The van der Waals surface area contributed by atoms with E-state index in [0.29, 0.717) is 13.0 Å². The molecule has 0 unspecified atom stereocenters. The molecule has 0 aromatic heterocycles. The molecule has 11 heavy (non-hydrogen) atoms. The van der Waals surface area contributed by atoms with Gasteiger partial charge in [-0.25, -0.2) is 0 Å². The molecule has 0 amide bonds. The lowest BCUT2D eigenvalue weighted by Gasteiger charge is -2.36. The third-order valence-electron chi connectivity index (χ3n) is 2.15. The molecule has 0 aliphatic heterocycles. The fraction of sp³-hybridized carbons (Fsp3) is 0.875. The summed E-state index contributed by atoms with van der Waals surface area (Å²) < 4.78 is 4.79. The van der Waals surface area contributed by atoms with E-state index in [0.717, 1.165) is 19.3 Å². The first-order chi connectivity index (χ1) is 5.16. The van der Waals surface area contributed by atoms with Crippen molar-refractivity contribution in [3.05, 3.63) is 0 Å². The van der Waals surface area contributed by atoms with E-state index in [4.69, 9.17) is 10.5 Å². The van der Waals surface area contributed by atoms with Gasteiger partial charge in [0.05, 0.1) is 13.0 Å². The number of hydrogen-bond donors (Lipinski definition) is 1. The van der Waals surface area contributed by atoms with E-state index in [-0.39, 0.29) is 11.5 Å². The van der Waals surface area contributed by atoms with E-state index >= 15 is 0 Å². The molecular formula is C8H15NO2. The highest BCUT2D eigenvalue weighted by molar-refractivity contribution is 5.71. The number of hydrogen-bond acceptors (Lipinski definition) is 3. The predicted octanol–water partition coefficient (Wildman–Crippen LogP) is 0.821. The van der Waals surface area contributed by atoms with Gasteiger partial charge in [0.25, 0.3) is 0 Å². The van der Waals surface area contributed by atoms with Gasteiger partial charge in [0, 0.05) is 5.54 Å². The summed E-state index contributed by atoms with van der Waals surface area (Å²) in [6.07, 6.45) is 3.47. The molecule has 0 saturated heterocycles. The van der Waals surface area contributed by atoms with E-state index in [1.807, 2.05) is 6.92 Å². The Morgan fingerprint density at radius 3 is 2.64 bits per heavy atom. The van der Waals surface area contributed by atoms with Crippen molar-refractivity contribution in [1.82, 2.24) is 0 Å². The zero-order valence-electron chi connectivity index (χ0n) is 6.93. The monoisotopic (exact) mass is 157 g/mol. The number of carbonyl (C=O) groups is 1. The van der Waals surface area contributed by atoms with Crippen molar-refractivity contribution in [3.63, 3.8) is 0 Å². The molecule has 0 aromatic carbocycles. The van der Waals surface area contributed by atoms with Crippen molar-refractivity contribution in [3.8, 4) is 0 Å². The second-order valence-electron chi connectivity index (χ2n) is 3.20. The Kier molecular flexibility index (Phi) is 2.49. The summed E-state index contributed by atoms with van der Waals surface area (Å²) >= 11 is 0. The Morgan fingerprint density at radius 2 is 2.27 bits per heavy atom. The molecule has 3 nitrogen and oxygen atoms in total. The highest BCUT2D eigenvalue weighted by Crippen LogP contribution is 2.32. The minimum Gasteiger partial charge on any atom is -0.466 e. The Hall–Kier alpha value is -0.570. The highest BCUT2D eigenvalue weighted by Gasteiger charge is 2.35. The molecule has 0 radical (unpaired) electrons. The number of esters is 1. The van der Waals surface area contributed by atoms with Crippen LogP contribution >= 0.6 is 0 Å². The average Bonchev–Trinajstić information content (AvgIpc) is 1.85. The van der Waals surface area contributed by atoms with Gasteiger partial charge in [-0.3, -0.25) is 4.79 Å². The van der Waals surface area contributed by atoms with Crippen LogP contribution in [-0.2, 0) is 9.53 Å². The Bertz CT molecular complexity index is 152. The quantitative estimate of drug-likeness (QED) is 0.617. The van der Waals surface area contributed by atoms with Crippen molar-refractivity contribution in [2.45, 2.75) is 38.1 Å². The summed E-state index contributed by atoms with van der Waals surface area (Å²) in [6, 6.07) is 0. The normalized spacial score (nSPS) is 20.5. The second kappa shape index (κ2) is 3.22. The maximum absolute atomic E-state index is 10.9. The van der Waals surface area contributed by atoms with Crippen LogP contribution in [0, 0.1) is 0 Å². The van der Waals surface area contributed by atoms with Crippen LogP contribution in [0.25, 0.3) is 0 Å². The van der Waals surface area contributed by atoms with E-state index in [1.165, 1.54) is 0 Å². The van der Waals surface area contributed by atoms with Crippen molar-refractivity contribution >= 4 is 5.97 Å². The number of rotatable bonds is 3. The maximum Gasteiger partial charge on any atom is 0.307 e. The zero-order valence-corrected chi connectivity index (χ0v) is 6.93. The van der Waals surface area contributed by atoms with Gasteiger partial charge in [-0.1, -0.05) is 0 Å². The van der Waals surface area contributed by atoms with Gasteiger partial charge in [-0.2, -0.15) is 0 Å². The molecule has 0 atom stereocenters. The Balaban J connectivity index is 2.23. The van der Waals surface area contributed by atoms with Crippen molar-refractivity contribution in [2.75, 3.05) is 6.61 Å². The molecule has 0 heterocycles. The van der Waals surface area contributed by atoms with E-state index in [2.05, 4.69) is 0 Å². The fourth-order valence-electron chi connectivity index (χ4n) is 1.31. The molecule has 2 N–H and O–H groups in total. The lowest BCUT2D eigenvalue weighted by molar-refractivity contribution is -0.145. The topological polar surface area (TPSA) is 52.3 Å². The zero-order chi connectivity index (χ0) is 8.32. The predicted molar refractivity (Wildman–Crippen MR) is 42.0 cm³/mol. The third-order valence-corrected chi connectivity index (χ3v) is 2.15. The van der Waals surface area contributed by atoms with Gasteiger partial charge in [0.15, 0.2) is 0 Å². The standard InChI is InChI=1S/C8H15NO2/c1-2-11-7(10)6-8(9)4-3-5-8/h2-6,9H2,1H3. The first kappa shape index (κ1) is 8.53. The fourth-order valence-corrected chi connectivity index (χ4v) is 1.31. The largest absolute Gasteiger partial charge is 0.466 e. The summed E-state index contributed by atoms with van der Waals surface area (Å²) in [6.45, 7) is 2.26. The van der Waals surface area contributed by atoms with Crippen LogP contribution in [-0.4, -0.2) is 18.1 Å². The lowest BCUT2D eigenvalue weighted by Crippen LogP contribution is -2.48. The van der Waals surface area contributed by atoms with Gasteiger partial charge >= 0.3 is 5.97 Å². The highest BCUT2D eigenvalue weighted by atomic mass is 16.5. The van der Waals surface area contributed by atoms with Gasteiger partial charge in [0.2, 0.25) is 0 Å². The first-order valence-electron chi connectivity index (χ1n) is 4.11. The molecule has 0 aromatic rings. The van der Waals surface area contributed by atoms with E-state index in [9.17, 15) is 4.79 Å². The molecule has 3 heteroatoms. The second-order valence-corrected chi connectivity index (χ2v) is 3.20. The molecule has 1 saturated carbocycles. The maximum atomic E-state index is 10.9. The number of ether oxygens (including phenoxy) is 1. The lowest BCUT2D eigenvalue weighted by atomic mass is 9.75. The molecule has 1 fully saturated rings. The van der Waals surface area contributed by atoms with Crippen LogP contribution < -0.4 is 5.73 Å². The molecule has 0 bridgehead atoms. The molecule has 1 aliphatic rings. The average molecular weight is 157 g/mol. The molecular weight excluding hydrogens is 142 g/mol. The van der Waals surface area contributed by atoms with Crippen LogP contribution in [0.15, 0.2) is 0 Å². The molecule has 1 aliphatic carbocycles.